The third-order valence-corrected chi connectivity index (χ3v) is 6.46. The Morgan fingerprint density at radius 3 is 2.45 bits per heavy atom. The van der Waals surface area contributed by atoms with Gasteiger partial charge in [-0.25, -0.2) is 24.1 Å². The van der Waals surface area contributed by atoms with E-state index in [4.69, 9.17) is 0 Å². The maximum Gasteiger partial charge on any atom is -0.172 e. The van der Waals surface area contributed by atoms with Crippen molar-refractivity contribution in [2.24, 2.45) is 11.8 Å². The number of hydrogen-bond donors (Lipinski definition) is 0. The molecule has 2 unspecified atom stereocenters. The van der Waals surface area contributed by atoms with Gasteiger partial charge in [0.2, 0.25) is 0 Å². The van der Waals surface area contributed by atoms with E-state index in [0.717, 1.165) is 18.3 Å². The fraction of sp³-hybridized carbons (Fsp3) is 0.321. The van der Waals surface area contributed by atoms with Crippen LogP contribution < -0.4 is 24.8 Å². The Balaban J connectivity index is 0.000000295. The van der Waals surface area contributed by atoms with Crippen LogP contribution in [0.25, 0.3) is 5.57 Å². The van der Waals surface area contributed by atoms with Crippen LogP contribution in [0.3, 0.4) is 0 Å². The van der Waals surface area contributed by atoms with Gasteiger partial charge in [-0.3, -0.25) is 0 Å². The Bertz CT molecular complexity index is 916. The number of rotatable bonds is 0. The first-order valence-corrected chi connectivity index (χ1v) is 12.4. The molecule has 0 bridgehead atoms. The molecule has 3 heteroatoms. The van der Waals surface area contributed by atoms with E-state index in [0.29, 0.717) is 0 Å². The first-order chi connectivity index (χ1) is 14.3. The fourth-order valence-corrected chi connectivity index (χ4v) is 5.38. The van der Waals surface area contributed by atoms with E-state index in [2.05, 4.69) is 46.5 Å². The Morgan fingerprint density at radius 1 is 1.00 bits per heavy atom. The number of allylic oxidation sites excluding steroid dienone is 6. The zero-order chi connectivity index (χ0) is 20.1. The van der Waals surface area contributed by atoms with Gasteiger partial charge in [-0.1, -0.05) is 66.0 Å². The summed E-state index contributed by atoms with van der Waals surface area (Å²) in [6.07, 6.45) is 15.3. The monoisotopic (exact) mass is 526 g/mol. The van der Waals surface area contributed by atoms with Crippen LogP contribution in [0, 0.1) is 18.3 Å². The van der Waals surface area contributed by atoms with Crippen molar-refractivity contribution in [2.75, 3.05) is 0 Å². The SMILES string of the molecule is C1=CC2=C3C(=C4[CH-]CCCC4C2CC1)Cc1ccccc13.C[CH]=[Zr+2].[Cl-].[Cl-].c1cc[cH-]c1. The van der Waals surface area contributed by atoms with Crippen LogP contribution in [0.15, 0.2) is 83.5 Å². The van der Waals surface area contributed by atoms with Gasteiger partial charge in [0, 0.05) is 0 Å². The molecule has 0 N–H and O–H groups in total. The Morgan fingerprint density at radius 2 is 1.74 bits per heavy atom. The molecular weight excluding hydrogens is 498 g/mol. The molecule has 1 fully saturated rings. The summed E-state index contributed by atoms with van der Waals surface area (Å²) < 4.78 is 2.09. The maximum absolute atomic E-state index is 2.57. The fourth-order valence-electron chi connectivity index (χ4n) is 5.38. The quantitative estimate of drug-likeness (QED) is 0.449. The van der Waals surface area contributed by atoms with Gasteiger partial charge < -0.3 is 24.8 Å². The molecule has 4 aliphatic rings. The summed E-state index contributed by atoms with van der Waals surface area (Å²) in [6.45, 7) is 2.04. The second-order valence-electron chi connectivity index (χ2n) is 8.18. The second kappa shape index (κ2) is 12.9. The topological polar surface area (TPSA) is 0 Å². The van der Waals surface area contributed by atoms with E-state index in [1.54, 1.807) is 27.9 Å². The molecule has 6 rings (SSSR count). The molecule has 2 atom stereocenters. The van der Waals surface area contributed by atoms with Crippen molar-refractivity contribution in [2.45, 2.75) is 45.4 Å². The summed E-state index contributed by atoms with van der Waals surface area (Å²) in [5.41, 5.74) is 9.71. The number of hydrogen-bond acceptors (Lipinski definition) is 0. The van der Waals surface area contributed by atoms with Gasteiger partial charge in [-0.15, -0.1) is 6.42 Å². The largest absolute Gasteiger partial charge is 1.00 e. The molecule has 0 nitrogen and oxygen atoms in total. The van der Waals surface area contributed by atoms with Crippen LogP contribution in [-0.4, -0.2) is 3.71 Å². The predicted octanol–water partition coefficient (Wildman–Crippen LogP) is 1.05. The van der Waals surface area contributed by atoms with Crippen LogP contribution in [0.2, 0.25) is 0 Å². The van der Waals surface area contributed by atoms with E-state index in [1.807, 2.05) is 37.3 Å². The van der Waals surface area contributed by atoms with Crippen molar-refractivity contribution in [1.82, 2.24) is 0 Å². The standard InChI is InChI=1S/C21H21.C5H5.C2H4.2ClH.Zr/c1-2-8-15-14(7-1)13-20-18-11-4-3-9-16(18)17-10-5-6-12-19(17)21(15)20;1-2-4-5-3-1;1-2;;;/h1-2,6-8,11-12,16-17H,3-5,9-10,13H2;1-5H;1H,2H3;2*1H;/q2*-1;;;;+2/p-2. The summed E-state index contributed by atoms with van der Waals surface area (Å²) in [5, 5.41) is 0. The third-order valence-electron chi connectivity index (χ3n) is 6.46. The van der Waals surface area contributed by atoms with Crippen molar-refractivity contribution < 1.29 is 49.0 Å². The first kappa shape index (κ1) is 26.2. The summed E-state index contributed by atoms with van der Waals surface area (Å²) in [5.74, 6) is 1.60. The predicted molar refractivity (Wildman–Crippen MR) is 121 cm³/mol. The molecule has 0 aliphatic heterocycles. The molecule has 2 aromatic rings. The van der Waals surface area contributed by atoms with E-state index < -0.39 is 0 Å². The van der Waals surface area contributed by atoms with E-state index in [9.17, 15) is 0 Å². The number of benzene rings is 1. The number of halogens is 2. The summed E-state index contributed by atoms with van der Waals surface area (Å²) >= 11 is 1.51. The molecule has 0 aromatic heterocycles. The molecule has 2 aromatic carbocycles. The summed E-state index contributed by atoms with van der Waals surface area (Å²) in [6, 6.07) is 19.1. The minimum absolute atomic E-state index is 0. The molecule has 0 amide bonds. The summed E-state index contributed by atoms with van der Waals surface area (Å²) in [7, 11) is 0. The van der Waals surface area contributed by atoms with Crippen LogP contribution >= 0.6 is 0 Å². The van der Waals surface area contributed by atoms with Crippen LogP contribution in [0.1, 0.15) is 50.2 Å². The molecule has 31 heavy (non-hydrogen) atoms. The van der Waals surface area contributed by atoms with Crippen LogP contribution in [0.5, 0.6) is 0 Å². The smallest absolute Gasteiger partial charge is 0.172 e. The van der Waals surface area contributed by atoms with Crippen molar-refractivity contribution in [3.05, 3.63) is 101 Å². The number of fused-ring (bicyclic) bond motifs is 6. The van der Waals surface area contributed by atoms with Crippen molar-refractivity contribution >= 4 is 9.28 Å². The van der Waals surface area contributed by atoms with E-state index in [-0.39, 0.29) is 24.8 Å². The average molecular weight is 529 g/mol. The van der Waals surface area contributed by atoms with E-state index in [1.165, 1.54) is 61.9 Å². The minimum atomic E-state index is 0. The van der Waals surface area contributed by atoms with Crippen molar-refractivity contribution in [3.8, 4) is 0 Å². The Hall–Kier alpha value is -1.01. The van der Waals surface area contributed by atoms with Crippen molar-refractivity contribution in [3.63, 3.8) is 0 Å². The first-order valence-electron chi connectivity index (χ1n) is 11.0. The average Bonchev–Trinajstić information content (AvgIpc) is 3.46. The van der Waals surface area contributed by atoms with Crippen molar-refractivity contribution in [1.29, 1.82) is 0 Å². The van der Waals surface area contributed by atoms with Gasteiger partial charge in [0.05, 0.1) is 0 Å². The molecule has 162 valence electrons. The van der Waals surface area contributed by atoms with Crippen LogP contribution in [0.4, 0.5) is 0 Å². The van der Waals surface area contributed by atoms with Gasteiger partial charge in [0.15, 0.2) is 0 Å². The van der Waals surface area contributed by atoms with Crippen LogP contribution in [-0.2, 0) is 30.7 Å². The Labute approximate surface area is 215 Å². The van der Waals surface area contributed by atoms with Gasteiger partial charge >= 0.3 is 34.9 Å². The maximum atomic E-state index is 2.57. The molecule has 4 aliphatic carbocycles. The second-order valence-corrected chi connectivity index (χ2v) is 9.60. The molecule has 0 spiro atoms. The van der Waals surface area contributed by atoms with Gasteiger partial charge in [-0.2, -0.15) is 23.8 Å². The molecule has 0 saturated heterocycles. The molecule has 0 radical (unpaired) electrons. The molecule has 0 heterocycles. The third kappa shape index (κ3) is 5.68. The van der Waals surface area contributed by atoms with Gasteiger partial charge in [-0.05, 0) is 36.7 Å². The minimum Gasteiger partial charge on any atom is -1.00 e. The zero-order valence-corrected chi connectivity index (χ0v) is 22.1. The van der Waals surface area contributed by atoms with Gasteiger partial charge in [0.25, 0.3) is 0 Å². The summed E-state index contributed by atoms with van der Waals surface area (Å²) in [4.78, 5) is 0. The zero-order valence-electron chi connectivity index (χ0n) is 18.2. The normalized spacial score (nSPS) is 21.8. The Kier molecular flexibility index (Phi) is 10.9. The van der Waals surface area contributed by atoms with E-state index >= 15 is 0 Å². The molecule has 1 saturated carbocycles. The molecular formula is C28H30Cl2Zr-2. The van der Waals surface area contributed by atoms with Gasteiger partial charge in [0.1, 0.15) is 0 Å².